The van der Waals surface area contributed by atoms with E-state index in [-0.39, 0.29) is 24.4 Å². The van der Waals surface area contributed by atoms with Gasteiger partial charge < -0.3 is 16.0 Å². The van der Waals surface area contributed by atoms with E-state index in [2.05, 4.69) is 5.32 Å². The summed E-state index contributed by atoms with van der Waals surface area (Å²) >= 11 is 0. The maximum atomic E-state index is 11.2. The molecule has 1 aliphatic heterocycles. The molecule has 1 fully saturated rings. The quantitative estimate of drug-likeness (QED) is 0.603. The summed E-state index contributed by atoms with van der Waals surface area (Å²) in [5, 5.41) is 2.83. The van der Waals surface area contributed by atoms with Crippen LogP contribution >= 0.6 is 12.4 Å². The van der Waals surface area contributed by atoms with Crippen LogP contribution in [0.25, 0.3) is 0 Å². The van der Waals surface area contributed by atoms with Crippen LogP contribution in [0, 0.1) is 0 Å². The summed E-state index contributed by atoms with van der Waals surface area (Å²) in [5.41, 5.74) is 5.64. The van der Waals surface area contributed by atoms with Crippen LogP contribution in [0.2, 0.25) is 0 Å². The zero-order valence-corrected chi connectivity index (χ0v) is 8.06. The molecular weight excluding hydrogens is 178 g/mol. The predicted molar refractivity (Wildman–Crippen MR) is 50.3 cm³/mol. The van der Waals surface area contributed by atoms with Gasteiger partial charge in [-0.05, 0) is 13.5 Å². The van der Waals surface area contributed by atoms with Gasteiger partial charge in [-0.2, -0.15) is 0 Å². The van der Waals surface area contributed by atoms with Crippen molar-refractivity contribution in [3.8, 4) is 0 Å². The van der Waals surface area contributed by atoms with Gasteiger partial charge >= 0.3 is 0 Å². The highest BCUT2D eigenvalue weighted by molar-refractivity contribution is 5.85. The molecule has 72 valence electrons. The second-order valence-electron chi connectivity index (χ2n) is 2.92. The fourth-order valence-corrected chi connectivity index (χ4v) is 1.28. The van der Waals surface area contributed by atoms with Crippen molar-refractivity contribution in [2.75, 3.05) is 26.7 Å². The van der Waals surface area contributed by atoms with Crippen molar-refractivity contribution < 1.29 is 4.79 Å². The lowest BCUT2D eigenvalue weighted by atomic mass is 10.3. The SMILES string of the molecule is CNCC(=O)N1CCC(N)C1.Cl. The number of nitrogens with one attached hydrogen (secondary N) is 1. The van der Waals surface area contributed by atoms with Crippen molar-refractivity contribution in [1.82, 2.24) is 10.2 Å². The molecule has 4 nitrogen and oxygen atoms in total. The molecule has 0 aromatic heterocycles. The lowest BCUT2D eigenvalue weighted by molar-refractivity contribution is -0.129. The van der Waals surface area contributed by atoms with Gasteiger partial charge in [0.15, 0.2) is 0 Å². The Morgan fingerprint density at radius 2 is 2.42 bits per heavy atom. The molecule has 0 aliphatic carbocycles. The van der Waals surface area contributed by atoms with E-state index in [9.17, 15) is 4.79 Å². The van der Waals surface area contributed by atoms with Crippen molar-refractivity contribution in [3.63, 3.8) is 0 Å². The van der Waals surface area contributed by atoms with E-state index in [0.29, 0.717) is 6.54 Å². The number of amides is 1. The molecule has 1 saturated heterocycles. The topological polar surface area (TPSA) is 58.4 Å². The van der Waals surface area contributed by atoms with E-state index in [4.69, 9.17) is 5.73 Å². The molecule has 1 unspecified atom stereocenters. The molecule has 1 aliphatic rings. The van der Waals surface area contributed by atoms with Crippen molar-refractivity contribution in [2.45, 2.75) is 12.5 Å². The summed E-state index contributed by atoms with van der Waals surface area (Å²) < 4.78 is 0. The Labute approximate surface area is 78.9 Å². The summed E-state index contributed by atoms with van der Waals surface area (Å²) in [6.07, 6.45) is 0.940. The summed E-state index contributed by atoms with van der Waals surface area (Å²) in [6.45, 7) is 1.97. The predicted octanol–water partition coefficient (Wildman–Crippen LogP) is -0.813. The van der Waals surface area contributed by atoms with E-state index in [1.165, 1.54) is 0 Å². The Morgan fingerprint density at radius 1 is 1.75 bits per heavy atom. The number of hydrogen-bond donors (Lipinski definition) is 2. The highest BCUT2D eigenvalue weighted by atomic mass is 35.5. The van der Waals surface area contributed by atoms with E-state index in [1.54, 1.807) is 11.9 Å². The summed E-state index contributed by atoms with van der Waals surface area (Å²) in [6, 6.07) is 0.191. The van der Waals surface area contributed by atoms with Crippen LogP contribution in [0.1, 0.15) is 6.42 Å². The third-order valence-corrected chi connectivity index (χ3v) is 1.91. The molecule has 0 aromatic carbocycles. The molecule has 1 atom stereocenters. The molecule has 12 heavy (non-hydrogen) atoms. The molecule has 3 N–H and O–H groups in total. The zero-order valence-electron chi connectivity index (χ0n) is 7.25. The van der Waals surface area contributed by atoms with E-state index >= 15 is 0 Å². The maximum Gasteiger partial charge on any atom is 0.236 e. The van der Waals surface area contributed by atoms with Gasteiger partial charge in [0.2, 0.25) is 5.91 Å². The largest absolute Gasteiger partial charge is 0.340 e. The zero-order chi connectivity index (χ0) is 8.27. The van der Waals surface area contributed by atoms with Crippen LogP contribution in [0.4, 0.5) is 0 Å². The number of likely N-dealkylation sites (tertiary alicyclic amines) is 1. The number of nitrogens with zero attached hydrogens (tertiary/aromatic N) is 1. The van der Waals surface area contributed by atoms with Gasteiger partial charge in [-0.15, -0.1) is 12.4 Å². The van der Waals surface area contributed by atoms with Crippen molar-refractivity contribution >= 4 is 18.3 Å². The molecule has 1 heterocycles. The highest BCUT2D eigenvalue weighted by Crippen LogP contribution is 2.05. The Bertz CT molecular complexity index is 154. The average Bonchev–Trinajstić information content (AvgIpc) is 2.36. The van der Waals surface area contributed by atoms with E-state index in [0.717, 1.165) is 19.5 Å². The number of hydrogen-bond acceptors (Lipinski definition) is 3. The summed E-state index contributed by atoms with van der Waals surface area (Å²) in [4.78, 5) is 13.0. The van der Waals surface area contributed by atoms with Gasteiger partial charge in [0.1, 0.15) is 0 Å². The van der Waals surface area contributed by atoms with Crippen molar-refractivity contribution in [1.29, 1.82) is 0 Å². The third kappa shape index (κ3) is 2.97. The molecule has 5 heteroatoms. The standard InChI is InChI=1S/C7H15N3O.ClH/c1-9-4-7(11)10-3-2-6(8)5-10;/h6,9H,2-5,8H2,1H3;1H. The first-order valence-electron chi connectivity index (χ1n) is 3.92. The summed E-state index contributed by atoms with van der Waals surface area (Å²) in [5.74, 6) is 0.153. The fourth-order valence-electron chi connectivity index (χ4n) is 1.28. The Morgan fingerprint density at radius 3 is 2.83 bits per heavy atom. The number of nitrogens with two attached hydrogens (primary N) is 1. The number of carbonyl (C=O) groups is 1. The Kier molecular flexibility index (Phi) is 5.20. The Balaban J connectivity index is 0.00000121. The molecule has 0 radical (unpaired) electrons. The van der Waals surface area contributed by atoms with Crippen LogP contribution in [-0.2, 0) is 4.79 Å². The summed E-state index contributed by atoms with van der Waals surface area (Å²) in [7, 11) is 1.77. The van der Waals surface area contributed by atoms with Crippen molar-refractivity contribution in [2.24, 2.45) is 5.73 Å². The normalized spacial score (nSPS) is 22.2. The second kappa shape index (κ2) is 5.35. The number of rotatable bonds is 2. The van der Waals surface area contributed by atoms with Gasteiger partial charge in [0.05, 0.1) is 6.54 Å². The van der Waals surface area contributed by atoms with E-state index < -0.39 is 0 Å². The second-order valence-corrected chi connectivity index (χ2v) is 2.92. The van der Waals surface area contributed by atoms with Crippen LogP contribution in [0.3, 0.4) is 0 Å². The molecule has 1 rings (SSSR count). The molecule has 0 aromatic rings. The van der Waals surface area contributed by atoms with Crippen LogP contribution in [0.5, 0.6) is 0 Å². The van der Waals surface area contributed by atoms with Crippen LogP contribution in [0.15, 0.2) is 0 Å². The number of halogens is 1. The molecule has 0 bridgehead atoms. The smallest absolute Gasteiger partial charge is 0.236 e. The third-order valence-electron chi connectivity index (χ3n) is 1.91. The minimum atomic E-state index is 0. The van der Waals surface area contributed by atoms with E-state index in [1.807, 2.05) is 0 Å². The first-order valence-corrected chi connectivity index (χ1v) is 3.92. The van der Waals surface area contributed by atoms with Gasteiger partial charge in [-0.1, -0.05) is 0 Å². The Hall–Kier alpha value is -0.320. The number of likely N-dealkylation sites (N-methyl/N-ethyl adjacent to an activating group) is 1. The molecular formula is C7H16ClN3O. The maximum absolute atomic E-state index is 11.2. The number of carbonyl (C=O) groups excluding carboxylic acids is 1. The van der Waals surface area contributed by atoms with Crippen LogP contribution < -0.4 is 11.1 Å². The molecule has 0 saturated carbocycles. The minimum Gasteiger partial charge on any atom is -0.340 e. The lowest BCUT2D eigenvalue weighted by Gasteiger charge is -2.14. The highest BCUT2D eigenvalue weighted by Gasteiger charge is 2.22. The fraction of sp³-hybridized carbons (Fsp3) is 0.857. The first kappa shape index (κ1) is 11.7. The van der Waals surface area contributed by atoms with Crippen LogP contribution in [-0.4, -0.2) is 43.5 Å². The van der Waals surface area contributed by atoms with Gasteiger partial charge in [0.25, 0.3) is 0 Å². The first-order chi connectivity index (χ1) is 5.24. The van der Waals surface area contributed by atoms with Gasteiger partial charge in [-0.3, -0.25) is 4.79 Å². The van der Waals surface area contributed by atoms with Gasteiger partial charge in [-0.25, -0.2) is 0 Å². The van der Waals surface area contributed by atoms with Crippen molar-refractivity contribution in [3.05, 3.63) is 0 Å². The molecule has 0 spiro atoms. The van der Waals surface area contributed by atoms with Gasteiger partial charge in [0, 0.05) is 19.1 Å². The lowest BCUT2D eigenvalue weighted by Crippen LogP contribution is -2.37. The molecule has 1 amide bonds. The average molecular weight is 194 g/mol. The monoisotopic (exact) mass is 193 g/mol. The minimum absolute atomic E-state index is 0.